The maximum atomic E-state index is 11.6. The van der Waals surface area contributed by atoms with E-state index in [4.69, 9.17) is 0 Å². The molecule has 1 aromatic carbocycles. The number of carboxylic acids is 2. The summed E-state index contributed by atoms with van der Waals surface area (Å²) in [5.41, 5.74) is 2.32. The van der Waals surface area contributed by atoms with Crippen molar-refractivity contribution in [1.29, 1.82) is 0 Å². The zero-order valence-electron chi connectivity index (χ0n) is 12.9. The quantitative estimate of drug-likeness (QED) is 0.531. The maximum absolute atomic E-state index is 11.6. The van der Waals surface area contributed by atoms with Crippen LogP contribution >= 0.6 is 0 Å². The van der Waals surface area contributed by atoms with Gasteiger partial charge in [0.2, 0.25) is 0 Å². The summed E-state index contributed by atoms with van der Waals surface area (Å²) in [5.74, 6) is -2.05. The second-order valence-electron chi connectivity index (χ2n) is 5.73. The molecule has 0 aliphatic heterocycles. The Hall–Kier alpha value is -3.61. The minimum absolute atomic E-state index is 0.139. The molecule has 3 N–H and O–H groups in total. The van der Waals surface area contributed by atoms with Crippen molar-refractivity contribution >= 4 is 33.9 Å². The van der Waals surface area contributed by atoms with E-state index in [9.17, 15) is 19.8 Å². The molecule has 0 spiro atoms. The summed E-state index contributed by atoms with van der Waals surface area (Å²) in [6.07, 6.45) is 3.02. The Morgan fingerprint density at radius 3 is 2.68 bits per heavy atom. The number of para-hydroxylation sites is 1. The highest BCUT2D eigenvalue weighted by Crippen LogP contribution is 2.23. The van der Waals surface area contributed by atoms with Crippen molar-refractivity contribution in [3.05, 3.63) is 65.6 Å². The number of fused-ring (bicyclic) bond motifs is 2. The Morgan fingerprint density at radius 2 is 1.92 bits per heavy atom. The Balaban J connectivity index is 1.85. The smallest absolute Gasteiger partial charge is 0.352 e. The highest BCUT2D eigenvalue weighted by molar-refractivity contribution is 6.02. The third-order valence-electron chi connectivity index (χ3n) is 4.19. The molecule has 25 heavy (non-hydrogen) atoms. The molecule has 0 saturated heterocycles. The minimum Gasteiger partial charge on any atom is -0.478 e. The Morgan fingerprint density at radius 1 is 1.12 bits per heavy atom. The summed E-state index contributed by atoms with van der Waals surface area (Å²) in [5, 5.41) is 20.1. The van der Waals surface area contributed by atoms with E-state index in [-0.39, 0.29) is 17.8 Å². The van der Waals surface area contributed by atoms with Crippen LogP contribution in [0.15, 0.2) is 48.8 Å². The van der Waals surface area contributed by atoms with Crippen LogP contribution in [0.2, 0.25) is 0 Å². The van der Waals surface area contributed by atoms with Crippen LogP contribution in [0.4, 0.5) is 0 Å². The third kappa shape index (κ3) is 2.42. The summed E-state index contributed by atoms with van der Waals surface area (Å²) in [6.45, 7) is 0.280. The van der Waals surface area contributed by atoms with E-state index >= 15 is 0 Å². The van der Waals surface area contributed by atoms with Crippen molar-refractivity contribution in [2.24, 2.45) is 0 Å². The van der Waals surface area contributed by atoms with Crippen LogP contribution < -0.4 is 0 Å². The molecule has 7 heteroatoms. The van der Waals surface area contributed by atoms with Gasteiger partial charge in [0.1, 0.15) is 11.3 Å². The van der Waals surface area contributed by atoms with Gasteiger partial charge in [-0.3, -0.25) is 0 Å². The van der Waals surface area contributed by atoms with Crippen LogP contribution in [-0.2, 0) is 6.54 Å². The van der Waals surface area contributed by atoms with Crippen molar-refractivity contribution < 1.29 is 19.8 Å². The maximum Gasteiger partial charge on any atom is 0.352 e. The highest BCUT2D eigenvalue weighted by Gasteiger charge is 2.16. The first-order chi connectivity index (χ1) is 12.0. The van der Waals surface area contributed by atoms with Crippen LogP contribution in [0.25, 0.3) is 21.9 Å². The molecule has 7 nitrogen and oxygen atoms in total. The number of hydrogen-bond donors (Lipinski definition) is 3. The van der Waals surface area contributed by atoms with E-state index in [1.807, 2.05) is 24.3 Å². The van der Waals surface area contributed by atoms with E-state index in [1.54, 1.807) is 22.9 Å². The number of benzene rings is 1. The Kier molecular flexibility index (Phi) is 3.28. The zero-order valence-corrected chi connectivity index (χ0v) is 12.9. The molecule has 0 amide bonds. The molecule has 0 aliphatic rings. The Labute approximate surface area is 141 Å². The largest absolute Gasteiger partial charge is 0.478 e. The predicted octanol–water partition coefficient (Wildman–Crippen LogP) is 2.96. The number of nitrogens with one attached hydrogen (secondary N) is 1. The number of nitrogens with zero attached hydrogens (tertiary/aromatic N) is 2. The zero-order chi connectivity index (χ0) is 17.6. The lowest BCUT2D eigenvalue weighted by Crippen LogP contribution is -2.09. The second-order valence-corrected chi connectivity index (χ2v) is 5.73. The molecule has 4 aromatic rings. The van der Waals surface area contributed by atoms with Crippen molar-refractivity contribution in [2.45, 2.75) is 6.54 Å². The topological polar surface area (TPSA) is 108 Å². The van der Waals surface area contributed by atoms with Gasteiger partial charge >= 0.3 is 11.9 Å². The first-order valence-electron chi connectivity index (χ1n) is 7.55. The molecule has 4 rings (SSSR count). The SMILES string of the molecule is O=C(O)c1c[nH]c2ncc(Cn3c(C(=O)O)cc4ccccc43)cc12. The molecule has 0 atom stereocenters. The summed E-state index contributed by atoms with van der Waals surface area (Å²) < 4.78 is 1.69. The molecule has 0 aliphatic carbocycles. The lowest BCUT2D eigenvalue weighted by atomic mass is 10.1. The lowest BCUT2D eigenvalue weighted by molar-refractivity contribution is 0.0680. The number of carboxylic acid groups (broad SMARTS) is 2. The number of aromatic amines is 1. The summed E-state index contributed by atoms with van der Waals surface area (Å²) in [4.78, 5) is 29.9. The fraction of sp³-hybridized carbons (Fsp3) is 0.0556. The summed E-state index contributed by atoms with van der Waals surface area (Å²) in [7, 11) is 0. The van der Waals surface area contributed by atoms with Crippen molar-refractivity contribution in [1.82, 2.24) is 14.5 Å². The molecule has 0 bridgehead atoms. The number of H-pyrrole nitrogens is 1. The fourth-order valence-electron chi connectivity index (χ4n) is 3.05. The lowest BCUT2D eigenvalue weighted by Gasteiger charge is -2.09. The number of aromatic nitrogens is 3. The fourth-order valence-corrected chi connectivity index (χ4v) is 3.05. The van der Waals surface area contributed by atoms with Gasteiger partial charge in [0.05, 0.1) is 5.56 Å². The number of pyridine rings is 1. The second kappa shape index (κ2) is 5.48. The molecular weight excluding hydrogens is 322 g/mol. The number of carbonyl (C=O) groups is 2. The van der Waals surface area contributed by atoms with Gasteiger partial charge in [-0.25, -0.2) is 14.6 Å². The molecule has 0 saturated carbocycles. The van der Waals surface area contributed by atoms with Gasteiger partial charge in [-0.15, -0.1) is 0 Å². The highest BCUT2D eigenvalue weighted by atomic mass is 16.4. The van der Waals surface area contributed by atoms with Crippen molar-refractivity contribution in [3.63, 3.8) is 0 Å². The van der Waals surface area contributed by atoms with Gasteiger partial charge in [-0.05, 0) is 23.8 Å². The molecule has 0 unspecified atom stereocenters. The van der Waals surface area contributed by atoms with Crippen LogP contribution in [0, 0.1) is 0 Å². The van der Waals surface area contributed by atoms with Crippen LogP contribution in [-0.4, -0.2) is 36.7 Å². The van der Waals surface area contributed by atoms with E-state index in [1.165, 1.54) is 6.20 Å². The average Bonchev–Trinajstić information content (AvgIpc) is 3.16. The molecule has 0 radical (unpaired) electrons. The van der Waals surface area contributed by atoms with Gasteiger partial charge in [0.25, 0.3) is 0 Å². The van der Waals surface area contributed by atoms with E-state index in [2.05, 4.69) is 9.97 Å². The normalized spacial score (nSPS) is 11.2. The predicted molar refractivity (Wildman–Crippen MR) is 91.1 cm³/mol. The monoisotopic (exact) mass is 335 g/mol. The number of aromatic carboxylic acids is 2. The van der Waals surface area contributed by atoms with Crippen LogP contribution in [0.3, 0.4) is 0 Å². The van der Waals surface area contributed by atoms with E-state index in [0.717, 1.165) is 16.5 Å². The first kappa shape index (κ1) is 14.9. The van der Waals surface area contributed by atoms with Gasteiger partial charge < -0.3 is 19.8 Å². The number of rotatable bonds is 4. The van der Waals surface area contributed by atoms with E-state index < -0.39 is 11.9 Å². The molecule has 124 valence electrons. The van der Waals surface area contributed by atoms with Gasteiger partial charge in [0.15, 0.2) is 0 Å². The molecule has 3 heterocycles. The van der Waals surface area contributed by atoms with Crippen LogP contribution in [0.5, 0.6) is 0 Å². The minimum atomic E-state index is -1.04. The van der Waals surface area contributed by atoms with Gasteiger partial charge in [-0.1, -0.05) is 18.2 Å². The molecular formula is C18H13N3O4. The molecule has 0 fully saturated rings. The van der Waals surface area contributed by atoms with Gasteiger partial charge in [0, 0.05) is 35.2 Å². The first-order valence-corrected chi connectivity index (χ1v) is 7.55. The standard InChI is InChI=1S/C18H13N3O4/c22-17(23)13-8-20-16-12(13)5-10(7-19-16)9-21-14-4-2-1-3-11(14)6-15(21)18(24)25/h1-8H,9H2,(H,19,20)(H,22,23)(H,24,25). The van der Waals surface area contributed by atoms with Crippen molar-refractivity contribution in [3.8, 4) is 0 Å². The van der Waals surface area contributed by atoms with E-state index in [0.29, 0.717) is 11.0 Å². The Bertz CT molecular complexity index is 1140. The summed E-state index contributed by atoms with van der Waals surface area (Å²) in [6, 6.07) is 10.8. The van der Waals surface area contributed by atoms with Gasteiger partial charge in [-0.2, -0.15) is 0 Å². The molecule has 3 aromatic heterocycles. The third-order valence-corrected chi connectivity index (χ3v) is 4.19. The van der Waals surface area contributed by atoms with Crippen molar-refractivity contribution in [2.75, 3.05) is 0 Å². The number of hydrogen-bond acceptors (Lipinski definition) is 3. The summed E-state index contributed by atoms with van der Waals surface area (Å²) >= 11 is 0. The average molecular weight is 335 g/mol. The van der Waals surface area contributed by atoms with Crippen LogP contribution in [0.1, 0.15) is 26.4 Å².